The van der Waals surface area contributed by atoms with Crippen LogP contribution in [0, 0.1) is 5.92 Å². The summed E-state index contributed by atoms with van der Waals surface area (Å²) in [5.74, 6) is 2.63. The minimum Gasteiger partial charge on any atom is -0.357 e. The molecule has 1 aromatic heterocycles. The summed E-state index contributed by atoms with van der Waals surface area (Å²) in [4.78, 5) is 4.75. The van der Waals surface area contributed by atoms with Gasteiger partial charge in [-0.2, -0.15) is 0 Å². The lowest BCUT2D eigenvalue weighted by Crippen LogP contribution is -2.39. The maximum atomic E-state index is 4.75. The first-order valence-electron chi connectivity index (χ1n) is 9.13. The van der Waals surface area contributed by atoms with E-state index in [-0.39, 0.29) is 24.0 Å². The van der Waals surface area contributed by atoms with E-state index in [9.17, 15) is 0 Å². The molecule has 1 aromatic rings. The lowest BCUT2D eigenvalue weighted by Gasteiger charge is -2.15. The first-order chi connectivity index (χ1) is 11.2. The van der Waals surface area contributed by atoms with Gasteiger partial charge in [-0.25, -0.2) is 0 Å². The molecule has 0 saturated heterocycles. The van der Waals surface area contributed by atoms with Gasteiger partial charge < -0.3 is 15.2 Å². The van der Waals surface area contributed by atoms with Crippen LogP contribution < -0.4 is 10.6 Å². The Bertz CT molecular complexity index is 446. The summed E-state index contributed by atoms with van der Waals surface area (Å²) in [6.07, 6.45) is 7.73. The highest BCUT2D eigenvalue weighted by atomic mass is 127. The van der Waals surface area contributed by atoms with Crippen molar-refractivity contribution in [2.24, 2.45) is 10.9 Å². The van der Waals surface area contributed by atoms with Crippen molar-refractivity contribution in [3.05, 3.63) is 12.2 Å². The van der Waals surface area contributed by atoms with Gasteiger partial charge in [0.05, 0.1) is 0 Å². The molecule has 0 aliphatic heterocycles. The van der Waals surface area contributed by atoms with E-state index < -0.39 is 0 Å². The second kappa shape index (κ2) is 14.5. The van der Waals surface area contributed by atoms with E-state index in [2.05, 4.69) is 53.1 Å². The maximum absolute atomic E-state index is 4.75. The molecule has 0 aliphatic carbocycles. The van der Waals surface area contributed by atoms with Gasteiger partial charge in [0.1, 0.15) is 12.2 Å². The fraction of sp³-hybridized carbons (Fsp3) is 0.824. The molecule has 7 heteroatoms. The Kier molecular flexibility index (Phi) is 14.0. The molecule has 0 bridgehead atoms. The van der Waals surface area contributed by atoms with Crippen molar-refractivity contribution in [2.45, 2.75) is 66.3 Å². The van der Waals surface area contributed by atoms with Crippen LogP contribution in [0.15, 0.2) is 11.3 Å². The van der Waals surface area contributed by atoms with Gasteiger partial charge in [-0.1, -0.05) is 40.0 Å². The largest absolute Gasteiger partial charge is 0.357 e. The van der Waals surface area contributed by atoms with Gasteiger partial charge in [-0.3, -0.25) is 4.99 Å². The third-order valence-electron chi connectivity index (χ3n) is 4.05. The third kappa shape index (κ3) is 8.84. The van der Waals surface area contributed by atoms with Crippen LogP contribution in [0.4, 0.5) is 0 Å². The Labute approximate surface area is 164 Å². The Hall–Kier alpha value is -0.860. The molecule has 24 heavy (non-hydrogen) atoms. The number of hydrogen-bond donors (Lipinski definition) is 2. The second-order valence-corrected chi connectivity index (χ2v) is 5.86. The van der Waals surface area contributed by atoms with Crippen LogP contribution in [-0.4, -0.2) is 40.4 Å². The zero-order valence-electron chi connectivity index (χ0n) is 15.7. The van der Waals surface area contributed by atoms with Crippen molar-refractivity contribution < 1.29 is 0 Å². The molecule has 6 nitrogen and oxygen atoms in total. The monoisotopic (exact) mass is 450 g/mol. The number of halogens is 1. The van der Waals surface area contributed by atoms with E-state index in [1.54, 1.807) is 6.33 Å². The summed E-state index contributed by atoms with van der Waals surface area (Å²) in [5.41, 5.74) is 0. The first kappa shape index (κ1) is 23.1. The Morgan fingerprint density at radius 1 is 1.25 bits per heavy atom. The van der Waals surface area contributed by atoms with Crippen LogP contribution in [0.25, 0.3) is 0 Å². The number of aliphatic imine (C=N–C) groups is 1. The Morgan fingerprint density at radius 2 is 2.04 bits per heavy atom. The van der Waals surface area contributed by atoms with Crippen LogP contribution in [0.5, 0.6) is 0 Å². The number of unbranched alkanes of at least 4 members (excludes halogenated alkanes) is 1. The van der Waals surface area contributed by atoms with E-state index in [0.717, 1.165) is 44.4 Å². The minimum atomic E-state index is 0. The SMILES string of the molecule is CCCCC(CC)CN=C(NCC)NCCn1cnnc1CC.I. The fourth-order valence-electron chi connectivity index (χ4n) is 2.51. The molecule has 1 atom stereocenters. The molecule has 0 amide bonds. The highest BCUT2D eigenvalue weighted by molar-refractivity contribution is 14.0. The number of guanidine groups is 1. The minimum absolute atomic E-state index is 0. The first-order valence-corrected chi connectivity index (χ1v) is 9.13. The van der Waals surface area contributed by atoms with Gasteiger partial charge in [0.25, 0.3) is 0 Å². The average molecular weight is 450 g/mol. The zero-order valence-corrected chi connectivity index (χ0v) is 18.0. The third-order valence-corrected chi connectivity index (χ3v) is 4.05. The van der Waals surface area contributed by atoms with Crippen LogP contribution in [-0.2, 0) is 13.0 Å². The van der Waals surface area contributed by atoms with Crippen LogP contribution in [0.3, 0.4) is 0 Å². The summed E-state index contributed by atoms with van der Waals surface area (Å²) < 4.78 is 2.09. The van der Waals surface area contributed by atoms with Gasteiger partial charge in [0.2, 0.25) is 0 Å². The average Bonchev–Trinajstić information content (AvgIpc) is 3.02. The van der Waals surface area contributed by atoms with Gasteiger partial charge >= 0.3 is 0 Å². The quantitative estimate of drug-likeness (QED) is 0.309. The fourth-order valence-corrected chi connectivity index (χ4v) is 2.51. The summed E-state index contributed by atoms with van der Waals surface area (Å²) in [6.45, 7) is 12.2. The topological polar surface area (TPSA) is 67.1 Å². The number of aromatic nitrogens is 3. The van der Waals surface area contributed by atoms with Gasteiger partial charge in [-0.15, -0.1) is 34.2 Å². The van der Waals surface area contributed by atoms with E-state index in [0.29, 0.717) is 5.92 Å². The summed E-state index contributed by atoms with van der Waals surface area (Å²) >= 11 is 0. The summed E-state index contributed by atoms with van der Waals surface area (Å²) in [7, 11) is 0. The summed E-state index contributed by atoms with van der Waals surface area (Å²) in [6, 6.07) is 0. The molecule has 140 valence electrons. The number of nitrogens with zero attached hydrogens (tertiary/aromatic N) is 4. The van der Waals surface area contributed by atoms with E-state index in [4.69, 9.17) is 4.99 Å². The molecular formula is C17H35IN6. The lowest BCUT2D eigenvalue weighted by molar-refractivity contribution is 0.461. The van der Waals surface area contributed by atoms with Crippen molar-refractivity contribution in [2.75, 3.05) is 19.6 Å². The van der Waals surface area contributed by atoms with Crippen molar-refractivity contribution >= 4 is 29.9 Å². The molecule has 1 unspecified atom stereocenters. The van der Waals surface area contributed by atoms with Crippen molar-refractivity contribution in [3.63, 3.8) is 0 Å². The van der Waals surface area contributed by atoms with Crippen LogP contribution in [0.2, 0.25) is 0 Å². The highest BCUT2D eigenvalue weighted by Gasteiger charge is 2.06. The molecule has 0 aromatic carbocycles. The Morgan fingerprint density at radius 3 is 2.67 bits per heavy atom. The highest BCUT2D eigenvalue weighted by Crippen LogP contribution is 2.12. The molecule has 1 rings (SSSR count). The number of nitrogens with one attached hydrogen (secondary N) is 2. The van der Waals surface area contributed by atoms with E-state index in [1.807, 2.05) is 0 Å². The maximum Gasteiger partial charge on any atom is 0.191 e. The van der Waals surface area contributed by atoms with E-state index in [1.165, 1.54) is 25.7 Å². The molecule has 0 fully saturated rings. The van der Waals surface area contributed by atoms with Crippen LogP contribution in [0.1, 0.15) is 59.2 Å². The molecule has 0 radical (unpaired) electrons. The van der Waals surface area contributed by atoms with Gasteiger partial charge in [-0.05, 0) is 19.3 Å². The predicted octanol–water partition coefficient (Wildman–Crippen LogP) is 3.23. The lowest BCUT2D eigenvalue weighted by atomic mass is 10.00. The Balaban J connectivity index is 0.00000529. The van der Waals surface area contributed by atoms with E-state index >= 15 is 0 Å². The molecule has 2 N–H and O–H groups in total. The molecule has 0 aliphatic rings. The van der Waals surface area contributed by atoms with Crippen LogP contribution >= 0.6 is 24.0 Å². The summed E-state index contributed by atoms with van der Waals surface area (Å²) in [5, 5.41) is 14.8. The smallest absolute Gasteiger partial charge is 0.191 e. The van der Waals surface area contributed by atoms with Gasteiger partial charge in [0.15, 0.2) is 5.96 Å². The second-order valence-electron chi connectivity index (χ2n) is 5.86. The predicted molar refractivity (Wildman–Crippen MR) is 112 cm³/mol. The number of rotatable bonds is 11. The molecule has 0 spiro atoms. The number of aryl methyl sites for hydroxylation is 1. The number of hydrogen-bond acceptors (Lipinski definition) is 3. The molecular weight excluding hydrogens is 415 g/mol. The van der Waals surface area contributed by atoms with Crippen molar-refractivity contribution in [1.82, 2.24) is 25.4 Å². The standard InChI is InChI=1S/C17H34N6.HI/c1-5-9-10-15(6-2)13-20-17(18-8-4)19-11-12-23-14-21-22-16(23)7-3;/h14-15H,5-13H2,1-4H3,(H2,18,19,20);1H. The molecule has 1 heterocycles. The van der Waals surface area contributed by atoms with Crippen molar-refractivity contribution in [1.29, 1.82) is 0 Å². The normalized spacial score (nSPS) is 12.6. The zero-order chi connectivity index (χ0) is 16.9. The van der Waals surface area contributed by atoms with Gasteiger partial charge in [0, 0.05) is 32.6 Å². The molecule has 0 saturated carbocycles. The van der Waals surface area contributed by atoms with Crippen molar-refractivity contribution in [3.8, 4) is 0 Å².